The van der Waals surface area contributed by atoms with Crippen LogP contribution in [0.3, 0.4) is 0 Å². The number of aliphatic hydroxyl groups excluding tert-OH is 1. The molecule has 2 amide bonds. The highest BCUT2D eigenvalue weighted by Gasteiger charge is 2.28. The average Bonchev–Trinajstić information content (AvgIpc) is 3.16. The van der Waals surface area contributed by atoms with Crippen molar-refractivity contribution in [3.63, 3.8) is 0 Å². The molecular formula is C26H32N2O6. The third kappa shape index (κ3) is 7.05. The van der Waals surface area contributed by atoms with Crippen molar-refractivity contribution in [2.45, 2.75) is 50.5 Å². The molecule has 1 aliphatic carbocycles. The number of rotatable bonds is 13. The quantitative estimate of drug-likeness (QED) is 0.334. The van der Waals surface area contributed by atoms with Gasteiger partial charge in [0.05, 0.1) is 6.54 Å². The Hall–Kier alpha value is -3.39. The van der Waals surface area contributed by atoms with E-state index in [1.54, 1.807) is 0 Å². The summed E-state index contributed by atoms with van der Waals surface area (Å²) in [6.45, 7) is 0.547. The number of ether oxygens (including phenoxy) is 1. The van der Waals surface area contributed by atoms with Crippen molar-refractivity contribution >= 4 is 18.0 Å². The number of amides is 2. The van der Waals surface area contributed by atoms with E-state index in [9.17, 15) is 14.4 Å². The van der Waals surface area contributed by atoms with Crippen molar-refractivity contribution in [3.05, 3.63) is 59.7 Å². The first-order valence-corrected chi connectivity index (χ1v) is 11.7. The number of benzene rings is 2. The highest BCUT2D eigenvalue weighted by molar-refractivity contribution is 5.79. The molecule has 8 heteroatoms. The van der Waals surface area contributed by atoms with E-state index < -0.39 is 18.2 Å². The lowest BCUT2D eigenvalue weighted by Crippen LogP contribution is -2.36. The van der Waals surface area contributed by atoms with Crippen LogP contribution in [0.15, 0.2) is 48.5 Å². The fraction of sp³-hybridized carbons (Fsp3) is 0.423. The van der Waals surface area contributed by atoms with Crippen molar-refractivity contribution in [2.24, 2.45) is 0 Å². The van der Waals surface area contributed by atoms with E-state index in [0.29, 0.717) is 26.0 Å². The zero-order chi connectivity index (χ0) is 24.3. The number of aliphatic hydroxyl groups is 1. The van der Waals surface area contributed by atoms with Crippen molar-refractivity contribution in [1.82, 2.24) is 10.6 Å². The third-order valence-electron chi connectivity index (χ3n) is 5.97. The standard InChI is InChI=1S/C26H32N2O6/c29-23(25(31)32)16-28-24(30)14-4-2-1-3-9-15-27-26(33)34-17-22-20-12-7-5-10-18(20)19-11-6-8-13-21(19)22/h5-8,10-13,22-23,29H,1-4,9,14-17H2,(H,27,33)(H,28,30)(H,31,32). The number of aliphatic carboxylic acids is 1. The summed E-state index contributed by atoms with van der Waals surface area (Å²) in [7, 11) is 0. The van der Waals surface area contributed by atoms with E-state index in [-0.39, 0.29) is 18.4 Å². The van der Waals surface area contributed by atoms with E-state index in [1.807, 2.05) is 24.3 Å². The molecule has 1 aliphatic rings. The maximum Gasteiger partial charge on any atom is 0.407 e. The summed E-state index contributed by atoms with van der Waals surface area (Å²) in [6.07, 6.45) is 2.52. The van der Waals surface area contributed by atoms with Crippen LogP contribution in [0.25, 0.3) is 11.1 Å². The molecule has 0 aromatic heterocycles. The first-order valence-electron chi connectivity index (χ1n) is 11.7. The Kier molecular flexibility index (Phi) is 9.46. The fourth-order valence-electron chi connectivity index (χ4n) is 4.17. The van der Waals surface area contributed by atoms with Crippen LogP contribution in [0.1, 0.15) is 55.6 Å². The van der Waals surface area contributed by atoms with Gasteiger partial charge in [-0.05, 0) is 35.1 Å². The number of carbonyl (C=O) groups excluding carboxylic acids is 2. The molecule has 0 saturated carbocycles. The number of unbranched alkanes of at least 4 members (excludes halogenated alkanes) is 4. The van der Waals surface area contributed by atoms with Crippen molar-refractivity contribution in [3.8, 4) is 11.1 Å². The monoisotopic (exact) mass is 468 g/mol. The van der Waals surface area contributed by atoms with Gasteiger partial charge in [-0.1, -0.05) is 67.8 Å². The lowest BCUT2D eigenvalue weighted by atomic mass is 9.98. The van der Waals surface area contributed by atoms with Gasteiger partial charge >= 0.3 is 12.1 Å². The second-order valence-corrected chi connectivity index (χ2v) is 8.43. The largest absolute Gasteiger partial charge is 0.479 e. The number of carboxylic acid groups (broad SMARTS) is 1. The van der Waals surface area contributed by atoms with Crippen LogP contribution >= 0.6 is 0 Å². The molecule has 2 aromatic carbocycles. The molecule has 0 radical (unpaired) electrons. The number of hydrogen-bond donors (Lipinski definition) is 4. The normalized spacial score (nSPS) is 13.0. The summed E-state index contributed by atoms with van der Waals surface area (Å²) in [5.41, 5.74) is 4.76. The average molecular weight is 469 g/mol. The first kappa shape index (κ1) is 25.2. The number of fused-ring (bicyclic) bond motifs is 3. The van der Waals surface area contributed by atoms with Crippen LogP contribution in [-0.2, 0) is 14.3 Å². The molecule has 0 saturated heterocycles. The van der Waals surface area contributed by atoms with Crippen molar-refractivity contribution < 1.29 is 29.3 Å². The number of hydrogen-bond acceptors (Lipinski definition) is 5. The van der Waals surface area contributed by atoms with Crippen LogP contribution in [0.2, 0.25) is 0 Å². The van der Waals surface area contributed by atoms with Gasteiger partial charge in [-0.15, -0.1) is 0 Å². The van der Waals surface area contributed by atoms with Crippen LogP contribution in [0.5, 0.6) is 0 Å². The number of carbonyl (C=O) groups is 3. The lowest BCUT2D eigenvalue weighted by Gasteiger charge is -2.14. The summed E-state index contributed by atoms with van der Waals surface area (Å²) in [5.74, 6) is -1.58. The Bertz CT molecular complexity index is 947. The number of carboxylic acids is 1. The summed E-state index contributed by atoms with van der Waals surface area (Å²) in [6, 6.07) is 16.4. The van der Waals surface area contributed by atoms with Gasteiger partial charge in [0.2, 0.25) is 5.91 Å². The van der Waals surface area contributed by atoms with E-state index in [0.717, 1.165) is 25.7 Å². The van der Waals surface area contributed by atoms with Crippen molar-refractivity contribution in [1.29, 1.82) is 0 Å². The van der Waals surface area contributed by atoms with E-state index in [2.05, 4.69) is 34.9 Å². The third-order valence-corrected chi connectivity index (χ3v) is 5.97. The predicted molar refractivity (Wildman–Crippen MR) is 127 cm³/mol. The smallest absolute Gasteiger partial charge is 0.407 e. The van der Waals surface area contributed by atoms with Gasteiger partial charge in [-0.25, -0.2) is 9.59 Å². The maximum atomic E-state index is 12.2. The molecule has 8 nitrogen and oxygen atoms in total. The van der Waals surface area contributed by atoms with Crippen LogP contribution in [0.4, 0.5) is 4.79 Å². The summed E-state index contributed by atoms with van der Waals surface area (Å²) < 4.78 is 5.52. The fourth-order valence-corrected chi connectivity index (χ4v) is 4.17. The van der Waals surface area contributed by atoms with Crippen molar-refractivity contribution in [2.75, 3.05) is 19.7 Å². The molecule has 3 rings (SSSR count). The SMILES string of the molecule is O=C(CCCCCCCNC(=O)OCC1c2ccccc2-c2ccccc21)NCC(O)C(=O)O. The molecule has 0 bridgehead atoms. The zero-order valence-electron chi connectivity index (χ0n) is 19.2. The van der Waals surface area contributed by atoms with E-state index in [4.69, 9.17) is 14.9 Å². The molecule has 0 aliphatic heterocycles. The molecule has 0 heterocycles. The summed E-state index contributed by atoms with van der Waals surface area (Å²) >= 11 is 0. The Morgan fingerprint density at radius 2 is 1.44 bits per heavy atom. The lowest BCUT2D eigenvalue weighted by molar-refractivity contribution is -0.146. The van der Waals surface area contributed by atoms with Gasteiger partial charge in [-0.2, -0.15) is 0 Å². The van der Waals surface area contributed by atoms with Gasteiger partial charge in [0.15, 0.2) is 6.10 Å². The Labute approximate surface area is 199 Å². The number of nitrogens with one attached hydrogen (secondary N) is 2. The molecule has 182 valence electrons. The second-order valence-electron chi connectivity index (χ2n) is 8.43. The van der Waals surface area contributed by atoms with E-state index in [1.165, 1.54) is 22.3 Å². The van der Waals surface area contributed by atoms with Gasteiger partial charge in [-0.3, -0.25) is 4.79 Å². The summed E-state index contributed by atoms with van der Waals surface area (Å²) in [4.78, 5) is 34.2. The second kappa shape index (κ2) is 12.7. The zero-order valence-corrected chi connectivity index (χ0v) is 19.2. The Morgan fingerprint density at radius 3 is 2.09 bits per heavy atom. The number of alkyl carbamates (subject to hydrolysis) is 1. The molecule has 2 aromatic rings. The van der Waals surface area contributed by atoms with Gasteiger partial charge < -0.3 is 25.6 Å². The molecular weight excluding hydrogens is 436 g/mol. The highest BCUT2D eigenvalue weighted by atomic mass is 16.5. The molecule has 0 fully saturated rings. The first-order chi connectivity index (χ1) is 16.5. The topological polar surface area (TPSA) is 125 Å². The minimum atomic E-state index is -1.58. The highest BCUT2D eigenvalue weighted by Crippen LogP contribution is 2.44. The molecule has 34 heavy (non-hydrogen) atoms. The van der Waals surface area contributed by atoms with Gasteiger partial charge in [0.25, 0.3) is 0 Å². The predicted octanol–water partition coefficient (Wildman–Crippen LogP) is 3.43. The van der Waals surface area contributed by atoms with Crippen LogP contribution in [0, 0.1) is 0 Å². The van der Waals surface area contributed by atoms with Gasteiger partial charge in [0, 0.05) is 18.9 Å². The molecule has 1 atom stereocenters. The van der Waals surface area contributed by atoms with Crippen LogP contribution < -0.4 is 10.6 Å². The van der Waals surface area contributed by atoms with Crippen LogP contribution in [-0.4, -0.2) is 54.0 Å². The molecule has 0 spiro atoms. The minimum Gasteiger partial charge on any atom is -0.479 e. The van der Waals surface area contributed by atoms with E-state index >= 15 is 0 Å². The van der Waals surface area contributed by atoms with Gasteiger partial charge in [0.1, 0.15) is 6.61 Å². The molecule has 4 N–H and O–H groups in total. The maximum absolute atomic E-state index is 12.2. The summed E-state index contributed by atoms with van der Waals surface area (Å²) in [5, 5.41) is 22.9. The minimum absolute atomic E-state index is 0.0442. The molecule has 1 unspecified atom stereocenters. The Morgan fingerprint density at radius 1 is 0.853 bits per heavy atom. The Balaban J connectivity index is 1.25.